The van der Waals surface area contributed by atoms with E-state index >= 15 is 0 Å². The number of nitrogens with one attached hydrogen (secondary N) is 1. The van der Waals surface area contributed by atoms with Crippen molar-refractivity contribution in [3.63, 3.8) is 0 Å². The van der Waals surface area contributed by atoms with E-state index in [0.717, 1.165) is 5.56 Å². The van der Waals surface area contributed by atoms with Gasteiger partial charge in [0.2, 0.25) is 0 Å². The molecular weight excluding hydrogens is 326 g/mol. The van der Waals surface area contributed by atoms with Gasteiger partial charge in [0.25, 0.3) is 0 Å². The van der Waals surface area contributed by atoms with E-state index in [9.17, 15) is 14.4 Å². The van der Waals surface area contributed by atoms with E-state index in [1.807, 2.05) is 30.3 Å². The van der Waals surface area contributed by atoms with Crippen LogP contribution in [0.3, 0.4) is 0 Å². The number of esters is 2. The average molecular weight is 347 g/mol. The molecular formula is C18H21NO6. The number of hydrogen-bond donors (Lipinski definition) is 1. The van der Waals surface area contributed by atoms with E-state index in [-0.39, 0.29) is 26.1 Å². The lowest BCUT2D eigenvalue weighted by atomic mass is 9.95. The Morgan fingerprint density at radius 1 is 1.16 bits per heavy atom. The summed E-state index contributed by atoms with van der Waals surface area (Å²) in [4.78, 5) is 36.2. The topological polar surface area (TPSA) is 90.9 Å². The molecule has 0 spiro atoms. The van der Waals surface area contributed by atoms with Crippen molar-refractivity contribution in [2.75, 3.05) is 13.7 Å². The molecule has 1 aliphatic carbocycles. The fraction of sp³-hybridized carbons (Fsp3) is 0.389. The Balaban J connectivity index is 2.00. The van der Waals surface area contributed by atoms with Crippen LogP contribution in [0.1, 0.15) is 25.3 Å². The minimum atomic E-state index is -1.36. The van der Waals surface area contributed by atoms with E-state index in [1.165, 1.54) is 7.11 Å². The van der Waals surface area contributed by atoms with Crippen LogP contribution in [0.4, 0.5) is 4.79 Å². The number of carbonyl (C=O) groups is 3. The minimum absolute atomic E-state index is 0.00105. The summed E-state index contributed by atoms with van der Waals surface area (Å²) in [5.74, 6) is -1.15. The molecule has 0 saturated heterocycles. The number of hydrogen-bond acceptors (Lipinski definition) is 6. The predicted octanol–water partition coefficient (Wildman–Crippen LogP) is 2.11. The largest absolute Gasteiger partial charge is 0.467 e. The zero-order valence-corrected chi connectivity index (χ0v) is 14.2. The highest BCUT2D eigenvalue weighted by molar-refractivity contribution is 5.94. The summed E-state index contributed by atoms with van der Waals surface area (Å²) >= 11 is 0. The Kier molecular flexibility index (Phi) is 6.16. The molecule has 0 aliphatic heterocycles. The SMILES string of the molecule is CCOC(=O)C1=CC[C@@](NC(=O)OCc2ccccc2)(C(=O)OC)C1. The van der Waals surface area contributed by atoms with Gasteiger partial charge in [0.15, 0.2) is 0 Å². The Morgan fingerprint density at radius 2 is 1.88 bits per heavy atom. The third-order valence-electron chi connectivity index (χ3n) is 3.86. The van der Waals surface area contributed by atoms with Gasteiger partial charge in [0.1, 0.15) is 12.1 Å². The lowest BCUT2D eigenvalue weighted by Gasteiger charge is -2.27. The van der Waals surface area contributed by atoms with Crippen molar-refractivity contribution in [1.82, 2.24) is 5.32 Å². The van der Waals surface area contributed by atoms with Gasteiger partial charge in [-0.25, -0.2) is 14.4 Å². The Hall–Kier alpha value is -2.83. The molecule has 134 valence electrons. The quantitative estimate of drug-likeness (QED) is 0.626. The maximum Gasteiger partial charge on any atom is 0.408 e. The normalized spacial score (nSPS) is 18.9. The van der Waals surface area contributed by atoms with Gasteiger partial charge in [-0.3, -0.25) is 0 Å². The van der Waals surface area contributed by atoms with Gasteiger partial charge in [-0.05, 0) is 12.5 Å². The number of carbonyl (C=O) groups excluding carboxylic acids is 3. The van der Waals surface area contributed by atoms with E-state index in [2.05, 4.69) is 5.32 Å². The number of methoxy groups -OCH3 is 1. The molecule has 1 aromatic rings. The first-order chi connectivity index (χ1) is 12.0. The fourth-order valence-corrected chi connectivity index (χ4v) is 2.60. The van der Waals surface area contributed by atoms with Crippen LogP contribution in [-0.2, 0) is 30.4 Å². The fourth-order valence-electron chi connectivity index (χ4n) is 2.60. The van der Waals surface area contributed by atoms with Crippen molar-refractivity contribution in [3.05, 3.63) is 47.5 Å². The van der Waals surface area contributed by atoms with Crippen molar-refractivity contribution >= 4 is 18.0 Å². The summed E-state index contributed by atoms with van der Waals surface area (Å²) in [5, 5.41) is 2.54. The van der Waals surface area contributed by atoms with Crippen LogP contribution in [0.25, 0.3) is 0 Å². The molecule has 0 fully saturated rings. The van der Waals surface area contributed by atoms with Gasteiger partial charge in [0, 0.05) is 18.4 Å². The summed E-state index contributed by atoms with van der Waals surface area (Å²) in [6.07, 6.45) is 0.951. The minimum Gasteiger partial charge on any atom is -0.467 e. The maximum atomic E-state index is 12.2. The smallest absolute Gasteiger partial charge is 0.408 e. The molecule has 0 saturated carbocycles. The Morgan fingerprint density at radius 3 is 2.52 bits per heavy atom. The van der Waals surface area contributed by atoms with Gasteiger partial charge in [0.05, 0.1) is 13.7 Å². The first kappa shape index (κ1) is 18.5. The van der Waals surface area contributed by atoms with Crippen molar-refractivity contribution in [1.29, 1.82) is 0 Å². The summed E-state index contributed by atoms with van der Waals surface area (Å²) < 4.78 is 14.9. The highest BCUT2D eigenvalue weighted by Gasteiger charge is 2.46. The van der Waals surface area contributed by atoms with E-state index in [0.29, 0.717) is 5.57 Å². The molecule has 0 bridgehead atoms. The van der Waals surface area contributed by atoms with Crippen molar-refractivity contribution < 1.29 is 28.6 Å². The monoisotopic (exact) mass is 347 g/mol. The second kappa shape index (κ2) is 8.32. The van der Waals surface area contributed by atoms with Gasteiger partial charge < -0.3 is 19.5 Å². The lowest BCUT2D eigenvalue weighted by Crippen LogP contribution is -2.53. The summed E-state index contributed by atoms with van der Waals surface area (Å²) in [6, 6.07) is 9.16. The Labute approximate surface area is 145 Å². The zero-order valence-electron chi connectivity index (χ0n) is 14.2. The highest BCUT2D eigenvalue weighted by Crippen LogP contribution is 2.31. The molecule has 7 heteroatoms. The Bertz CT molecular complexity index is 669. The summed E-state index contributed by atoms with van der Waals surface area (Å²) in [6.45, 7) is 2.00. The molecule has 1 aliphatic rings. The first-order valence-electron chi connectivity index (χ1n) is 7.94. The second-order valence-electron chi connectivity index (χ2n) is 5.59. The van der Waals surface area contributed by atoms with E-state index in [4.69, 9.17) is 14.2 Å². The third-order valence-corrected chi connectivity index (χ3v) is 3.86. The molecule has 0 unspecified atom stereocenters. The standard InChI is InChI=1S/C18H21NO6/c1-3-24-15(20)14-9-10-18(11-14,16(21)23-2)19-17(22)25-12-13-7-5-4-6-8-13/h4-9H,3,10-12H2,1-2H3,(H,19,22)/t18-/m0/s1. The molecule has 2 rings (SSSR count). The van der Waals surface area contributed by atoms with Crippen LogP contribution >= 0.6 is 0 Å². The van der Waals surface area contributed by atoms with Crippen LogP contribution in [0, 0.1) is 0 Å². The summed E-state index contributed by atoms with van der Waals surface area (Å²) in [7, 11) is 1.23. The number of rotatable bonds is 6. The third kappa shape index (κ3) is 4.59. The summed E-state index contributed by atoms with van der Waals surface area (Å²) in [5.41, 5.74) is -0.206. The average Bonchev–Trinajstić information content (AvgIpc) is 3.06. The molecule has 1 amide bonds. The zero-order chi connectivity index (χ0) is 18.3. The highest BCUT2D eigenvalue weighted by atomic mass is 16.6. The number of benzene rings is 1. The van der Waals surface area contributed by atoms with Crippen LogP contribution in [-0.4, -0.2) is 37.3 Å². The van der Waals surface area contributed by atoms with E-state index in [1.54, 1.807) is 13.0 Å². The second-order valence-corrected chi connectivity index (χ2v) is 5.59. The lowest BCUT2D eigenvalue weighted by molar-refractivity contribution is -0.148. The predicted molar refractivity (Wildman–Crippen MR) is 88.5 cm³/mol. The number of alkyl carbamates (subject to hydrolysis) is 1. The molecule has 1 N–H and O–H groups in total. The van der Waals surface area contributed by atoms with Crippen LogP contribution in [0.15, 0.2) is 42.0 Å². The molecule has 1 atom stereocenters. The van der Waals surface area contributed by atoms with Crippen LogP contribution < -0.4 is 5.32 Å². The van der Waals surface area contributed by atoms with Crippen molar-refractivity contribution in [3.8, 4) is 0 Å². The van der Waals surface area contributed by atoms with Gasteiger partial charge in [-0.2, -0.15) is 0 Å². The first-order valence-corrected chi connectivity index (χ1v) is 7.94. The number of ether oxygens (including phenoxy) is 3. The van der Waals surface area contributed by atoms with Crippen molar-refractivity contribution in [2.45, 2.75) is 31.9 Å². The molecule has 0 radical (unpaired) electrons. The maximum absolute atomic E-state index is 12.2. The number of amides is 1. The molecule has 0 heterocycles. The van der Waals surface area contributed by atoms with Crippen LogP contribution in [0.5, 0.6) is 0 Å². The van der Waals surface area contributed by atoms with Gasteiger partial charge in [-0.15, -0.1) is 0 Å². The van der Waals surface area contributed by atoms with Crippen LogP contribution in [0.2, 0.25) is 0 Å². The van der Waals surface area contributed by atoms with Gasteiger partial charge in [-0.1, -0.05) is 36.4 Å². The molecule has 25 heavy (non-hydrogen) atoms. The van der Waals surface area contributed by atoms with Crippen molar-refractivity contribution in [2.24, 2.45) is 0 Å². The molecule has 7 nitrogen and oxygen atoms in total. The molecule has 1 aromatic carbocycles. The van der Waals surface area contributed by atoms with E-state index < -0.39 is 23.6 Å². The molecule has 0 aromatic heterocycles. The van der Waals surface area contributed by atoms with Gasteiger partial charge >= 0.3 is 18.0 Å².